The molecule has 2 aromatic carbocycles. The van der Waals surface area contributed by atoms with Gasteiger partial charge in [-0.05, 0) is 56.2 Å². The van der Waals surface area contributed by atoms with Crippen molar-refractivity contribution in [2.24, 2.45) is 0 Å². The Kier molecular flexibility index (Phi) is 6.44. The van der Waals surface area contributed by atoms with Gasteiger partial charge in [0.15, 0.2) is 0 Å². The first kappa shape index (κ1) is 18.9. The van der Waals surface area contributed by atoms with Crippen LogP contribution < -0.4 is 9.47 Å². The Balaban J connectivity index is 1.58. The standard InChI is InChI=1S/C21H22O6/c1-2-24-19-8-4-3-7-18(19)21(23)27-16-11-9-15(10-12-16)20(22)26-14-17-6-5-13-25-17/h3-4,7-12,17H,2,5-6,13-14H2,1H3. The van der Waals surface area contributed by atoms with Crippen molar-refractivity contribution in [2.75, 3.05) is 19.8 Å². The highest BCUT2D eigenvalue weighted by Crippen LogP contribution is 2.21. The topological polar surface area (TPSA) is 71.1 Å². The van der Waals surface area contributed by atoms with Gasteiger partial charge in [-0.3, -0.25) is 0 Å². The molecule has 1 saturated heterocycles. The Bertz CT molecular complexity index is 778. The smallest absolute Gasteiger partial charge is 0.347 e. The number of benzene rings is 2. The van der Waals surface area contributed by atoms with Gasteiger partial charge < -0.3 is 18.9 Å². The summed E-state index contributed by atoms with van der Waals surface area (Å²) in [5.74, 6) is -0.140. The minimum Gasteiger partial charge on any atom is -0.493 e. The van der Waals surface area contributed by atoms with E-state index in [1.807, 2.05) is 6.92 Å². The van der Waals surface area contributed by atoms with Gasteiger partial charge in [-0.1, -0.05) is 12.1 Å². The summed E-state index contributed by atoms with van der Waals surface area (Å²) in [5, 5.41) is 0. The van der Waals surface area contributed by atoms with Crippen LogP contribution in [0.25, 0.3) is 0 Å². The number of hydrogen-bond donors (Lipinski definition) is 0. The SMILES string of the molecule is CCOc1ccccc1C(=O)Oc1ccc(C(=O)OCC2CCCO2)cc1. The van der Waals surface area contributed by atoms with Crippen molar-refractivity contribution in [2.45, 2.75) is 25.9 Å². The van der Waals surface area contributed by atoms with Gasteiger partial charge in [0.25, 0.3) is 0 Å². The fourth-order valence-electron chi connectivity index (χ4n) is 2.77. The summed E-state index contributed by atoms with van der Waals surface area (Å²) in [6, 6.07) is 13.1. The van der Waals surface area contributed by atoms with Crippen LogP contribution in [0.5, 0.6) is 11.5 Å². The molecule has 0 amide bonds. The number of hydrogen-bond acceptors (Lipinski definition) is 6. The summed E-state index contributed by atoms with van der Waals surface area (Å²) in [5.41, 5.74) is 0.738. The Morgan fingerprint density at radius 2 is 1.85 bits per heavy atom. The van der Waals surface area contributed by atoms with Gasteiger partial charge in [0.2, 0.25) is 0 Å². The molecule has 1 atom stereocenters. The quantitative estimate of drug-likeness (QED) is 0.547. The van der Waals surface area contributed by atoms with Crippen molar-refractivity contribution < 1.29 is 28.5 Å². The van der Waals surface area contributed by atoms with Crippen molar-refractivity contribution in [3.05, 3.63) is 59.7 Å². The fourth-order valence-corrected chi connectivity index (χ4v) is 2.77. The third-order valence-corrected chi connectivity index (χ3v) is 4.13. The van der Waals surface area contributed by atoms with E-state index in [1.54, 1.807) is 48.5 Å². The minimum absolute atomic E-state index is 0.0143. The van der Waals surface area contributed by atoms with E-state index in [0.717, 1.165) is 12.8 Å². The van der Waals surface area contributed by atoms with Gasteiger partial charge in [0.1, 0.15) is 23.7 Å². The second kappa shape index (κ2) is 9.19. The molecule has 3 rings (SSSR count). The predicted molar refractivity (Wildman–Crippen MR) is 98.3 cm³/mol. The number of rotatable bonds is 7. The maximum Gasteiger partial charge on any atom is 0.347 e. The highest BCUT2D eigenvalue weighted by molar-refractivity contribution is 5.94. The molecule has 6 nitrogen and oxygen atoms in total. The first-order chi connectivity index (χ1) is 13.2. The molecule has 0 bridgehead atoms. The second-order valence-electron chi connectivity index (χ2n) is 6.08. The second-order valence-corrected chi connectivity index (χ2v) is 6.08. The molecular weight excluding hydrogens is 348 g/mol. The summed E-state index contributed by atoms with van der Waals surface area (Å²) in [6.45, 7) is 3.27. The molecule has 6 heteroatoms. The molecule has 0 aromatic heterocycles. The summed E-state index contributed by atoms with van der Waals surface area (Å²) in [6.07, 6.45) is 1.89. The maximum atomic E-state index is 12.4. The summed E-state index contributed by atoms with van der Waals surface area (Å²) >= 11 is 0. The molecule has 1 aliphatic heterocycles. The van der Waals surface area contributed by atoms with Crippen LogP contribution in [0.4, 0.5) is 0 Å². The van der Waals surface area contributed by atoms with Gasteiger partial charge in [-0.15, -0.1) is 0 Å². The van der Waals surface area contributed by atoms with E-state index in [0.29, 0.717) is 35.8 Å². The van der Waals surface area contributed by atoms with E-state index in [-0.39, 0.29) is 12.7 Å². The zero-order chi connectivity index (χ0) is 19.1. The van der Waals surface area contributed by atoms with Gasteiger partial charge >= 0.3 is 11.9 Å². The van der Waals surface area contributed by atoms with E-state index in [1.165, 1.54) is 0 Å². The first-order valence-corrected chi connectivity index (χ1v) is 9.00. The van der Waals surface area contributed by atoms with Gasteiger partial charge in [0.05, 0.1) is 18.3 Å². The Hall–Kier alpha value is -2.86. The van der Waals surface area contributed by atoms with Gasteiger partial charge in [-0.2, -0.15) is 0 Å². The zero-order valence-corrected chi connectivity index (χ0v) is 15.2. The van der Waals surface area contributed by atoms with Gasteiger partial charge in [-0.25, -0.2) is 9.59 Å². The molecule has 2 aromatic rings. The van der Waals surface area contributed by atoms with Crippen LogP contribution >= 0.6 is 0 Å². The van der Waals surface area contributed by atoms with Crippen molar-refractivity contribution in [3.63, 3.8) is 0 Å². The van der Waals surface area contributed by atoms with Crippen molar-refractivity contribution in [1.29, 1.82) is 0 Å². The average molecular weight is 370 g/mol. The number of carbonyl (C=O) groups is 2. The Morgan fingerprint density at radius 3 is 2.56 bits per heavy atom. The lowest BCUT2D eigenvalue weighted by molar-refractivity contribution is 0.0161. The van der Waals surface area contributed by atoms with E-state index in [4.69, 9.17) is 18.9 Å². The predicted octanol–water partition coefficient (Wildman–Crippen LogP) is 3.64. The number of para-hydroxylation sites is 1. The van der Waals surface area contributed by atoms with Crippen LogP contribution in [0.2, 0.25) is 0 Å². The first-order valence-electron chi connectivity index (χ1n) is 9.00. The van der Waals surface area contributed by atoms with Crippen LogP contribution in [0, 0.1) is 0 Å². The minimum atomic E-state index is -0.521. The number of esters is 2. The highest BCUT2D eigenvalue weighted by atomic mass is 16.6. The van der Waals surface area contributed by atoms with Crippen molar-refractivity contribution in [3.8, 4) is 11.5 Å². The molecule has 142 valence electrons. The molecule has 1 unspecified atom stereocenters. The van der Waals surface area contributed by atoms with Crippen LogP contribution in [-0.2, 0) is 9.47 Å². The lowest BCUT2D eigenvalue weighted by atomic mass is 10.2. The molecule has 0 spiro atoms. The summed E-state index contributed by atoms with van der Waals surface area (Å²) in [4.78, 5) is 24.4. The van der Waals surface area contributed by atoms with E-state index >= 15 is 0 Å². The summed E-state index contributed by atoms with van der Waals surface area (Å²) in [7, 11) is 0. The molecule has 0 aliphatic carbocycles. The average Bonchev–Trinajstić information content (AvgIpc) is 3.21. The number of carbonyl (C=O) groups excluding carboxylic acids is 2. The lowest BCUT2D eigenvalue weighted by Crippen LogP contribution is -2.17. The maximum absolute atomic E-state index is 12.4. The van der Waals surface area contributed by atoms with Crippen LogP contribution in [-0.4, -0.2) is 37.9 Å². The highest BCUT2D eigenvalue weighted by Gasteiger charge is 2.18. The van der Waals surface area contributed by atoms with E-state index < -0.39 is 11.9 Å². The van der Waals surface area contributed by atoms with Crippen LogP contribution in [0.15, 0.2) is 48.5 Å². The normalized spacial score (nSPS) is 16.0. The molecule has 0 N–H and O–H groups in total. The third-order valence-electron chi connectivity index (χ3n) is 4.13. The molecule has 0 radical (unpaired) electrons. The van der Waals surface area contributed by atoms with Gasteiger partial charge in [0, 0.05) is 6.61 Å². The van der Waals surface area contributed by atoms with Crippen molar-refractivity contribution >= 4 is 11.9 Å². The van der Waals surface area contributed by atoms with Crippen LogP contribution in [0.3, 0.4) is 0 Å². The monoisotopic (exact) mass is 370 g/mol. The molecular formula is C21H22O6. The molecule has 27 heavy (non-hydrogen) atoms. The molecule has 0 saturated carbocycles. The van der Waals surface area contributed by atoms with Crippen molar-refractivity contribution in [1.82, 2.24) is 0 Å². The van der Waals surface area contributed by atoms with E-state index in [9.17, 15) is 9.59 Å². The summed E-state index contributed by atoms with van der Waals surface area (Å²) < 4.78 is 21.5. The largest absolute Gasteiger partial charge is 0.493 e. The Morgan fingerprint density at radius 1 is 1.07 bits per heavy atom. The lowest BCUT2D eigenvalue weighted by Gasteiger charge is -2.11. The zero-order valence-electron chi connectivity index (χ0n) is 15.2. The third kappa shape index (κ3) is 5.08. The number of ether oxygens (including phenoxy) is 4. The molecule has 1 fully saturated rings. The fraction of sp³-hybridized carbons (Fsp3) is 0.333. The Labute approximate surface area is 158 Å². The molecule has 1 heterocycles. The molecule has 1 aliphatic rings. The van der Waals surface area contributed by atoms with Crippen LogP contribution in [0.1, 0.15) is 40.5 Å². The van der Waals surface area contributed by atoms with E-state index in [2.05, 4.69) is 0 Å².